The molecule has 12 aromatic rings. The minimum absolute atomic E-state index is 0.604. The Kier molecular flexibility index (Phi) is 7.19. The first-order chi connectivity index (χ1) is 30.3. The molecule has 13 rings (SSSR count). The van der Waals surface area contributed by atoms with E-state index >= 15 is 0 Å². The van der Waals surface area contributed by atoms with Gasteiger partial charge in [0.25, 0.3) is 0 Å². The topological polar surface area (TPSA) is 43.9 Å². The minimum Gasteiger partial charge on any atom is -0.456 e. The van der Waals surface area contributed by atoms with Gasteiger partial charge in [0.2, 0.25) is 5.95 Å². The zero-order valence-corrected chi connectivity index (χ0v) is 33.0. The molecule has 0 saturated carbocycles. The summed E-state index contributed by atoms with van der Waals surface area (Å²) < 4.78 is 8.73. The lowest BCUT2D eigenvalue weighted by molar-refractivity contribution is 0.669. The Morgan fingerprint density at radius 1 is 0.426 bits per heavy atom. The molecule has 0 bridgehead atoms. The summed E-state index contributed by atoms with van der Waals surface area (Å²) in [5.41, 5.74) is 15.7. The van der Waals surface area contributed by atoms with E-state index in [0.29, 0.717) is 5.95 Å². The number of fused-ring (bicyclic) bond motifs is 11. The predicted octanol–water partition coefficient (Wildman–Crippen LogP) is 14.3. The molecule has 3 heterocycles. The number of hydrogen-bond acceptors (Lipinski definition) is 3. The van der Waals surface area contributed by atoms with Crippen molar-refractivity contribution in [3.8, 4) is 39.5 Å². The van der Waals surface area contributed by atoms with Crippen molar-refractivity contribution in [1.82, 2.24) is 14.5 Å². The average molecular weight is 778 g/mol. The van der Waals surface area contributed by atoms with Gasteiger partial charge in [0.15, 0.2) is 0 Å². The largest absolute Gasteiger partial charge is 0.456 e. The van der Waals surface area contributed by atoms with Gasteiger partial charge >= 0.3 is 0 Å². The Labute approximate surface area is 351 Å². The molecule has 0 amide bonds. The van der Waals surface area contributed by atoms with Gasteiger partial charge in [0, 0.05) is 38.1 Å². The molecule has 0 N–H and O–H groups in total. The molecule has 4 heteroatoms. The van der Waals surface area contributed by atoms with Gasteiger partial charge in [-0.05, 0) is 75.3 Å². The van der Waals surface area contributed by atoms with E-state index in [4.69, 9.17) is 14.4 Å². The maximum Gasteiger partial charge on any atom is 0.235 e. The first kappa shape index (κ1) is 33.8. The standard InChI is InChI=1S/C57H35N3O/c1-4-18-36(19-5-1)54-42-26-11-15-29-48(42)58-56(59-54)60-49-30-16-12-27-43(49)53-52-41-25-10-14-28-46(41)57(38-20-6-2-7-21-38,39-22-8-3-9-23-39)47(52)35-44(55(53)60)37-32-33-51-45(34-37)40-24-13-17-31-50(40)61-51/h1-35H. The van der Waals surface area contributed by atoms with E-state index in [0.717, 1.165) is 71.6 Å². The van der Waals surface area contributed by atoms with Gasteiger partial charge in [-0.2, -0.15) is 0 Å². The highest BCUT2D eigenvalue weighted by molar-refractivity contribution is 6.22. The summed E-state index contributed by atoms with van der Waals surface area (Å²) in [6.07, 6.45) is 0. The van der Waals surface area contributed by atoms with Crippen molar-refractivity contribution in [3.63, 3.8) is 0 Å². The molecule has 0 aliphatic heterocycles. The van der Waals surface area contributed by atoms with Gasteiger partial charge in [-0.3, -0.25) is 4.57 Å². The second kappa shape index (κ2) is 13.0. The molecule has 0 unspecified atom stereocenters. The first-order valence-electron chi connectivity index (χ1n) is 20.8. The van der Waals surface area contributed by atoms with E-state index in [-0.39, 0.29) is 0 Å². The van der Waals surface area contributed by atoms with Crippen LogP contribution in [0.5, 0.6) is 0 Å². The second-order valence-corrected chi connectivity index (χ2v) is 16.0. The third-order valence-corrected chi connectivity index (χ3v) is 12.9. The van der Waals surface area contributed by atoms with E-state index in [1.807, 2.05) is 12.1 Å². The summed E-state index contributed by atoms with van der Waals surface area (Å²) in [4.78, 5) is 10.9. The number of hydrogen-bond donors (Lipinski definition) is 0. The summed E-state index contributed by atoms with van der Waals surface area (Å²) in [6.45, 7) is 0. The number of aromatic nitrogens is 3. The molecular weight excluding hydrogens is 743 g/mol. The Bertz CT molecular complexity index is 3660. The fourth-order valence-electron chi connectivity index (χ4n) is 10.4. The number of benzene rings is 9. The number of nitrogens with zero attached hydrogens (tertiary/aromatic N) is 3. The average Bonchev–Trinajstić information content (AvgIpc) is 3.98. The molecule has 1 aliphatic carbocycles. The lowest BCUT2D eigenvalue weighted by Crippen LogP contribution is -2.28. The third-order valence-electron chi connectivity index (χ3n) is 12.9. The van der Waals surface area contributed by atoms with Crippen LogP contribution in [0.3, 0.4) is 0 Å². The summed E-state index contributed by atoms with van der Waals surface area (Å²) >= 11 is 0. The van der Waals surface area contributed by atoms with Crippen molar-refractivity contribution >= 4 is 54.6 Å². The zero-order chi connectivity index (χ0) is 40.1. The van der Waals surface area contributed by atoms with Gasteiger partial charge in [-0.25, -0.2) is 9.97 Å². The fourth-order valence-corrected chi connectivity index (χ4v) is 10.4. The predicted molar refractivity (Wildman–Crippen MR) is 249 cm³/mol. The van der Waals surface area contributed by atoms with Crippen LogP contribution >= 0.6 is 0 Å². The van der Waals surface area contributed by atoms with Crippen molar-refractivity contribution in [2.75, 3.05) is 0 Å². The molecule has 1 aliphatic rings. The van der Waals surface area contributed by atoms with Crippen LogP contribution in [-0.2, 0) is 5.41 Å². The van der Waals surface area contributed by atoms with Gasteiger partial charge in [0.05, 0.1) is 27.7 Å². The number of rotatable bonds is 5. The van der Waals surface area contributed by atoms with E-state index in [2.05, 4.69) is 205 Å². The Hall–Kier alpha value is -8.08. The molecule has 0 radical (unpaired) electrons. The van der Waals surface area contributed by atoms with E-state index in [9.17, 15) is 0 Å². The smallest absolute Gasteiger partial charge is 0.235 e. The lowest BCUT2D eigenvalue weighted by atomic mass is 9.67. The van der Waals surface area contributed by atoms with E-state index < -0.39 is 5.41 Å². The van der Waals surface area contributed by atoms with Crippen LogP contribution in [0.2, 0.25) is 0 Å². The molecule has 284 valence electrons. The SMILES string of the molecule is c1ccc(-c2nc(-n3c4ccccc4c4c5c(cc(-c6ccc7oc8ccccc8c7c6)c43)C(c3ccccc3)(c3ccccc3)c3ccccc3-5)nc3ccccc23)cc1. The van der Waals surface area contributed by atoms with E-state index in [1.54, 1.807) is 0 Å². The summed E-state index contributed by atoms with van der Waals surface area (Å²) in [5.74, 6) is 0.628. The van der Waals surface area contributed by atoms with Crippen LogP contribution in [0.1, 0.15) is 22.3 Å². The molecule has 0 fully saturated rings. The fraction of sp³-hybridized carbons (Fsp3) is 0.0175. The summed E-state index contributed by atoms with van der Waals surface area (Å²) in [5, 5.41) is 5.52. The van der Waals surface area contributed by atoms with Crippen molar-refractivity contribution in [1.29, 1.82) is 0 Å². The molecule has 9 aromatic carbocycles. The first-order valence-corrected chi connectivity index (χ1v) is 20.8. The molecule has 0 atom stereocenters. The summed E-state index contributed by atoms with van der Waals surface area (Å²) in [6, 6.07) is 76.2. The highest BCUT2D eigenvalue weighted by atomic mass is 16.3. The maximum atomic E-state index is 6.41. The zero-order valence-electron chi connectivity index (χ0n) is 33.0. The highest BCUT2D eigenvalue weighted by Crippen LogP contribution is 2.60. The molecule has 4 nitrogen and oxygen atoms in total. The number of furan rings is 1. The molecule has 3 aromatic heterocycles. The number of para-hydroxylation sites is 3. The van der Waals surface area contributed by atoms with Crippen molar-refractivity contribution < 1.29 is 4.42 Å². The second-order valence-electron chi connectivity index (χ2n) is 16.0. The quantitative estimate of drug-likeness (QED) is 0.175. The van der Waals surface area contributed by atoms with Gasteiger partial charge in [-0.1, -0.05) is 176 Å². The van der Waals surface area contributed by atoms with E-state index in [1.165, 1.54) is 38.8 Å². The summed E-state index contributed by atoms with van der Waals surface area (Å²) in [7, 11) is 0. The van der Waals surface area contributed by atoms with Gasteiger partial charge < -0.3 is 4.42 Å². The monoisotopic (exact) mass is 777 g/mol. The molecule has 0 spiro atoms. The maximum absolute atomic E-state index is 6.41. The third kappa shape index (κ3) is 4.76. The molecule has 0 saturated heterocycles. The normalized spacial score (nSPS) is 13.0. The van der Waals surface area contributed by atoms with Gasteiger partial charge in [-0.15, -0.1) is 0 Å². The van der Waals surface area contributed by atoms with Crippen LogP contribution in [0.4, 0.5) is 0 Å². The van der Waals surface area contributed by atoms with Crippen molar-refractivity contribution in [2.24, 2.45) is 0 Å². The Morgan fingerprint density at radius 3 is 1.84 bits per heavy atom. The van der Waals surface area contributed by atoms with Crippen LogP contribution < -0.4 is 0 Å². The van der Waals surface area contributed by atoms with Crippen molar-refractivity contribution in [2.45, 2.75) is 5.41 Å². The minimum atomic E-state index is -0.604. The Balaban J connectivity index is 1.25. The van der Waals surface area contributed by atoms with Gasteiger partial charge in [0.1, 0.15) is 11.2 Å². The van der Waals surface area contributed by atoms with Crippen molar-refractivity contribution in [3.05, 3.63) is 235 Å². The van der Waals surface area contributed by atoms with Crippen LogP contribution in [0, 0.1) is 0 Å². The Morgan fingerprint density at radius 2 is 1.05 bits per heavy atom. The van der Waals surface area contributed by atoms with Crippen LogP contribution in [-0.4, -0.2) is 14.5 Å². The molecular formula is C57H35N3O. The lowest BCUT2D eigenvalue weighted by Gasteiger charge is -2.34. The molecule has 61 heavy (non-hydrogen) atoms. The van der Waals surface area contributed by atoms with Crippen LogP contribution in [0.15, 0.2) is 217 Å². The van der Waals surface area contributed by atoms with Crippen LogP contribution in [0.25, 0.3) is 94.1 Å². The highest BCUT2D eigenvalue weighted by Gasteiger charge is 2.47.